The van der Waals surface area contributed by atoms with Crippen molar-refractivity contribution in [1.29, 1.82) is 0 Å². The predicted molar refractivity (Wildman–Crippen MR) is 85.1 cm³/mol. The summed E-state index contributed by atoms with van der Waals surface area (Å²) in [4.78, 5) is 16.1. The first-order valence-corrected chi connectivity index (χ1v) is 7.64. The Labute approximate surface area is 126 Å². The van der Waals surface area contributed by atoms with Crippen LogP contribution in [0.2, 0.25) is 0 Å². The molecule has 0 saturated carbocycles. The Kier molecular flexibility index (Phi) is 5.81. The highest BCUT2D eigenvalue weighted by Crippen LogP contribution is 2.11. The molecule has 0 unspecified atom stereocenters. The Hall–Kier alpha value is -1.81. The molecule has 1 aliphatic rings. The van der Waals surface area contributed by atoms with Gasteiger partial charge in [0, 0.05) is 39.1 Å². The molecule has 1 N–H and O–H groups in total. The molecule has 0 spiro atoms. The summed E-state index contributed by atoms with van der Waals surface area (Å²) >= 11 is 0. The third-order valence-corrected chi connectivity index (χ3v) is 3.76. The van der Waals surface area contributed by atoms with Crippen LogP contribution < -0.4 is 0 Å². The van der Waals surface area contributed by atoms with Gasteiger partial charge in [-0.25, -0.2) is 0 Å². The molecule has 1 aromatic carbocycles. The van der Waals surface area contributed by atoms with Gasteiger partial charge in [0.2, 0.25) is 5.91 Å². The summed E-state index contributed by atoms with van der Waals surface area (Å²) in [6, 6.07) is 7.18. The van der Waals surface area contributed by atoms with E-state index >= 15 is 0 Å². The smallest absolute Gasteiger partial charge is 0.222 e. The zero-order chi connectivity index (χ0) is 15.1. The van der Waals surface area contributed by atoms with E-state index in [2.05, 4.69) is 17.1 Å². The molecule has 114 valence electrons. The SMILES string of the molecule is CCCC(=O)N1CCN(C/C=C/c2ccc(O)cc2)CC1. The van der Waals surface area contributed by atoms with E-state index in [-0.39, 0.29) is 5.91 Å². The van der Waals surface area contributed by atoms with E-state index in [0.717, 1.165) is 44.7 Å². The van der Waals surface area contributed by atoms with E-state index < -0.39 is 0 Å². The second kappa shape index (κ2) is 7.84. The minimum absolute atomic E-state index is 0.289. The maximum Gasteiger partial charge on any atom is 0.222 e. The molecule has 1 saturated heterocycles. The maximum atomic E-state index is 11.8. The average molecular weight is 288 g/mol. The molecule has 21 heavy (non-hydrogen) atoms. The summed E-state index contributed by atoms with van der Waals surface area (Å²) in [5.74, 6) is 0.580. The quantitative estimate of drug-likeness (QED) is 0.904. The molecule has 2 rings (SSSR count). The number of benzene rings is 1. The van der Waals surface area contributed by atoms with Crippen LogP contribution in [0.15, 0.2) is 30.3 Å². The third-order valence-electron chi connectivity index (χ3n) is 3.76. The fraction of sp³-hybridized carbons (Fsp3) is 0.471. The van der Waals surface area contributed by atoms with Crippen molar-refractivity contribution >= 4 is 12.0 Å². The lowest BCUT2D eigenvalue weighted by Crippen LogP contribution is -2.48. The van der Waals surface area contributed by atoms with Crippen LogP contribution in [-0.4, -0.2) is 53.5 Å². The Morgan fingerprint density at radius 1 is 1.19 bits per heavy atom. The topological polar surface area (TPSA) is 43.8 Å². The highest BCUT2D eigenvalue weighted by molar-refractivity contribution is 5.76. The number of amides is 1. The standard InChI is InChI=1S/C17H24N2O2/c1-2-4-17(21)19-13-11-18(12-14-19)10-3-5-15-6-8-16(20)9-7-15/h3,5-9,20H,2,4,10-14H2,1H3/b5-3+. The zero-order valence-electron chi connectivity index (χ0n) is 12.7. The molecular formula is C17H24N2O2. The van der Waals surface area contributed by atoms with E-state index in [1.807, 2.05) is 24.0 Å². The number of carbonyl (C=O) groups excluding carboxylic acids is 1. The van der Waals surface area contributed by atoms with Crippen LogP contribution in [-0.2, 0) is 4.79 Å². The van der Waals surface area contributed by atoms with Gasteiger partial charge >= 0.3 is 0 Å². The second-order valence-electron chi connectivity index (χ2n) is 5.43. The highest BCUT2D eigenvalue weighted by atomic mass is 16.3. The first-order valence-electron chi connectivity index (χ1n) is 7.64. The molecule has 0 aromatic heterocycles. The van der Waals surface area contributed by atoms with Crippen molar-refractivity contribution in [3.63, 3.8) is 0 Å². The van der Waals surface area contributed by atoms with Crippen molar-refractivity contribution in [1.82, 2.24) is 9.80 Å². The van der Waals surface area contributed by atoms with E-state index in [1.54, 1.807) is 12.1 Å². The summed E-state index contributed by atoms with van der Waals surface area (Å²) in [5.41, 5.74) is 1.09. The van der Waals surface area contributed by atoms with Crippen LogP contribution in [0.3, 0.4) is 0 Å². The summed E-state index contributed by atoms with van der Waals surface area (Å²) in [6.07, 6.45) is 5.79. The van der Waals surface area contributed by atoms with E-state index in [1.165, 1.54) is 0 Å². The number of nitrogens with zero attached hydrogens (tertiary/aromatic N) is 2. The van der Waals surface area contributed by atoms with Crippen molar-refractivity contribution in [3.8, 4) is 5.75 Å². The number of hydrogen-bond acceptors (Lipinski definition) is 3. The van der Waals surface area contributed by atoms with Gasteiger partial charge in [-0.1, -0.05) is 31.2 Å². The summed E-state index contributed by atoms with van der Waals surface area (Å²) in [5, 5.41) is 9.23. The predicted octanol–water partition coefficient (Wildman–Crippen LogP) is 2.35. The van der Waals surface area contributed by atoms with Gasteiger partial charge in [-0.3, -0.25) is 9.69 Å². The molecule has 0 atom stereocenters. The Morgan fingerprint density at radius 2 is 1.86 bits per heavy atom. The van der Waals surface area contributed by atoms with Gasteiger partial charge in [0.15, 0.2) is 0 Å². The zero-order valence-corrected chi connectivity index (χ0v) is 12.7. The highest BCUT2D eigenvalue weighted by Gasteiger charge is 2.19. The van der Waals surface area contributed by atoms with E-state index in [4.69, 9.17) is 0 Å². The van der Waals surface area contributed by atoms with Crippen LogP contribution >= 0.6 is 0 Å². The Bertz CT molecular complexity index is 474. The number of carbonyl (C=O) groups is 1. The van der Waals surface area contributed by atoms with Gasteiger partial charge in [-0.2, -0.15) is 0 Å². The second-order valence-corrected chi connectivity index (χ2v) is 5.43. The van der Waals surface area contributed by atoms with Gasteiger partial charge < -0.3 is 10.0 Å². The minimum Gasteiger partial charge on any atom is -0.508 e. The van der Waals surface area contributed by atoms with Crippen LogP contribution in [0.5, 0.6) is 5.75 Å². The van der Waals surface area contributed by atoms with Gasteiger partial charge in [0.25, 0.3) is 0 Å². The Morgan fingerprint density at radius 3 is 2.48 bits per heavy atom. The molecule has 1 aliphatic heterocycles. The summed E-state index contributed by atoms with van der Waals surface area (Å²) in [6.45, 7) is 6.50. The van der Waals surface area contributed by atoms with Crippen LogP contribution in [0.4, 0.5) is 0 Å². The van der Waals surface area contributed by atoms with Gasteiger partial charge in [-0.15, -0.1) is 0 Å². The molecular weight excluding hydrogens is 264 g/mol. The molecule has 0 bridgehead atoms. The number of phenols is 1. The molecule has 1 heterocycles. The largest absolute Gasteiger partial charge is 0.508 e. The van der Waals surface area contributed by atoms with Gasteiger partial charge in [0.1, 0.15) is 5.75 Å². The van der Waals surface area contributed by atoms with Crippen molar-refractivity contribution in [3.05, 3.63) is 35.9 Å². The lowest BCUT2D eigenvalue weighted by Gasteiger charge is -2.34. The fourth-order valence-electron chi connectivity index (χ4n) is 2.48. The molecule has 1 fully saturated rings. The number of piperazine rings is 1. The van der Waals surface area contributed by atoms with Crippen molar-refractivity contribution in [2.75, 3.05) is 32.7 Å². The first kappa shape index (κ1) is 15.6. The molecule has 1 aromatic rings. The maximum absolute atomic E-state index is 11.8. The molecule has 0 radical (unpaired) electrons. The van der Waals surface area contributed by atoms with Gasteiger partial charge in [-0.05, 0) is 24.1 Å². The average Bonchev–Trinajstić information content (AvgIpc) is 2.50. The number of aromatic hydroxyl groups is 1. The minimum atomic E-state index is 0.289. The third kappa shape index (κ3) is 4.90. The van der Waals surface area contributed by atoms with Crippen molar-refractivity contribution < 1.29 is 9.90 Å². The van der Waals surface area contributed by atoms with E-state index in [0.29, 0.717) is 12.2 Å². The molecule has 4 heteroatoms. The normalized spacial score (nSPS) is 16.5. The van der Waals surface area contributed by atoms with E-state index in [9.17, 15) is 9.90 Å². The van der Waals surface area contributed by atoms with Crippen LogP contribution in [0, 0.1) is 0 Å². The lowest BCUT2D eigenvalue weighted by molar-refractivity contribution is -0.132. The van der Waals surface area contributed by atoms with Crippen LogP contribution in [0.1, 0.15) is 25.3 Å². The van der Waals surface area contributed by atoms with Crippen molar-refractivity contribution in [2.45, 2.75) is 19.8 Å². The molecule has 1 amide bonds. The number of rotatable bonds is 5. The summed E-state index contributed by atoms with van der Waals surface area (Å²) in [7, 11) is 0. The lowest BCUT2D eigenvalue weighted by atomic mass is 10.2. The number of phenolic OH excluding ortho intramolecular Hbond substituents is 1. The first-order chi connectivity index (χ1) is 10.2. The van der Waals surface area contributed by atoms with Crippen molar-refractivity contribution in [2.24, 2.45) is 0 Å². The Balaban J connectivity index is 1.73. The van der Waals surface area contributed by atoms with Crippen LogP contribution in [0.25, 0.3) is 6.08 Å². The number of hydrogen-bond donors (Lipinski definition) is 1. The molecule has 4 nitrogen and oxygen atoms in total. The molecule has 0 aliphatic carbocycles. The monoisotopic (exact) mass is 288 g/mol. The summed E-state index contributed by atoms with van der Waals surface area (Å²) < 4.78 is 0. The van der Waals surface area contributed by atoms with Gasteiger partial charge in [0.05, 0.1) is 0 Å². The fourth-order valence-corrected chi connectivity index (χ4v) is 2.48.